The fourth-order valence-corrected chi connectivity index (χ4v) is 2.95. The third-order valence-electron chi connectivity index (χ3n) is 3.26. The number of nitrogens with zero attached hydrogens (tertiary/aromatic N) is 4. The molecule has 0 radical (unpaired) electrons. The molecule has 0 aliphatic heterocycles. The summed E-state index contributed by atoms with van der Waals surface area (Å²) in [6.45, 7) is 10.9. The van der Waals surface area contributed by atoms with Gasteiger partial charge in [-0.15, -0.1) is 5.10 Å². The second kappa shape index (κ2) is 5.30. The summed E-state index contributed by atoms with van der Waals surface area (Å²) >= 11 is 5.98. The van der Waals surface area contributed by atoms with E-state index in [1.54, 1.807) is 12.1 Å². The standard InChI is InChI=1S/C15H22ClN5/c1-14(2,3)9-15(4,5)21-13(18-19-20-21)10-6-7-11(16)12(17)8-10/h6-8H,9,17H2,1-5H3. The third-order valence-corrected chi connectivity index (χ3v) is 3.60. The van der Waals surface area contributed by atoms with Crippen LogP contribution in [0.25, 0.3) is 11.4 Å². The van der Waals surface area contributed by atoms with E-state index in [0.29, 0.717) is 16.5 Å². The van der Waals surface area contributed by atoms with Gasteiger partial charge in [0.1, 0.15) is 0 Å². The monoisotopic (exact) mass is 307 g/mol. The summed E-state index contributed by atoms with van der Waals surface area (Å²) in [6.07, 6.45) is 0.946. The first-order valence-corrected chi connectivity index (χ1v) is 7.32. The number of tetrazole rings is 1. The van der Waals surface area contributed by atoms with Crippen LogP contribution in [0.15, 0.2) is 18.2 Å². The topological polar surface area (TPSA) is 69.6 Å². The Balaban J connectivity index is 2.45. The normalized spacial score (nSPS) is 12.7. The van der Waals surface area contributed by atoms with Gasteiger partial charge in [-0.25, -0.2) is 4.68 Å². The Morgan fingerprint density at radius 3 is 2.43 bits per heavy atom. The van der Waals surface area contributed by atoms with Gasteiger partial charge in [-0.05, 0) is 54.3 Å². The molecule has 6 heteroatoms. The van der Waals surface area contributed by atoms with Crippen molar-refractivity contribution in [2.45, 2.75) is 46.6 Å². The first-order valence-electron chi connectivity index (χ1n) is 6.94. The number of anilines is 1. The largest absolute Gasteiger partial charge is 0.398 e. The molecule has 0 aliphatic rings. The van der Waals surface area contributed by atoms with E-state index in [2.05, 4.69) is 50.1 Å². The van der Waals surface area contributed by atoms with Crippen molar-refractivity contribution in [3.8, 4) is 11.4 Å². The zero-order valence-electron chi connectivity index (χ0n) is 13.2. The number of aromatic nitrogens is 4. The lowest BCUT2D eigenvalue weighted by molar-refractivity contribution is 0.197. The van der Waals surface area contributed by atoms with Crippen LogP contribution < -0.4 is 5.73 Å². The predicted octanol–water partition coefficient (Wildman–Crippen LogP) is 3.75. The van der Waals surface area contributed by atoms with Crippen LogP contribution in [0.5, 0.6) is 0 Å². The Labute approximate surface area is 130 Å². The van der Waals surface area contributed by atoms with Gasteiger partial charge in [0.05, 0.1) is 16.2 Å². The third kappa shape index (κ3) is 3.53. The molecule has 21 heavy (non-hydrogen) atoms. The van der Waals surface area contributed by atoms with E-state index in [-0.39, 0.29) is 11.0 Å². The molecule has 5 nitrogen and oxygen atoms in total. The number of nitrogen functional groups attached to an aromatic ring is 1. The van der Waals surface area contributed by atoms with Crippen molar-refractivity contribution >= 4 is 17.3 Å². The van der Waals surface area contributed by atoms with Crippen molar-refractivity contribution in [1.29, 1.82) is 0 Å². The Morgan fingerprint density at radius 2 is 1.86 bits per heavy atom. The minimum Gasteiger partial charge on any atom is -0.398 e. The van der Waals surface area contributed by atoms with E-state index in [0.717, 1.165) is 12.0 Å². The minimum atomic E-state index is -0.203. The number of hydrogen-bond donors (Lipinski definition) is 1. The predicted molar refractivity (Wildman–Crippen MR) is 86.1 cm³/mol. The minimum absolute atomic E-state index is 0.172. The molecule has 0 atom stereocenters. The summed E-state index contributed by atoms with van der Waals surface area (Å²) in [6, 6.07) is 5.45. The first kappa shape index (κ1) is 15.8. The van der Waals surface area contributed by atoms with Gasteiger partial charge in [0.2, 0.25) is 0 Å². The highest BCUT2D eigenvalue weighted by atomic mass is 35.5. The van der Waals surface area contributed by atoms with E-state index in [9.17, 15) is 0 Å². The highest BCUT2D eigenvalue weighted by Crippen LogP contribution is 2.34. The highest BCUT2D eigenvalue weighted by Gasteiger charge is 2.31. The number of benzene rings is 1. The molecule has 2 N–H and O–H groups in total. The van der Waals surface area contributed by atoms with Gasteiger partial charge in [-0.1, -0.05) is 32.4 Å². The molecule has 1 aromatic heterocycles. The Morgan fingerprint density at radius 1 is 1.19 bits per heavy atom. The Kier molecular flexibility index (Phi) is 3.97. The molecule has 0 unspecified atom stereocenters. The number of halogens is 1. The van der Waals surface area contributed by atoms with Gasteiger partial charge in [-0.3, -0.25) is 0 Å². The second-order valence-corrected chi connectivity index (χ2v) is 7.61. The average molecular weight is 308 g/mol. The van der Waals surface area contributed by atoms with Crippen molar-refractivity contribution in [2.24, 2.45) is 5.41 Å². The van der Waals surface area contributed by atoms with Gasteiger partial charge in [0.15, 0.2) is 5.82 Å². The van der Waals surface area contributed by atoms with Crippen LogP contribution in [0.1, 0.15) is 41.0 Å². The Hall–Kier alpha value is -1.62. The number of hydrogen-bond acceptors (Lipinski definition) is 4. The van der Waals surface area contributed by atoms with Crippen LogP contribution in [0.4, 0.5) is 5.69 Å². The molecule has 0 saturated heterocycles. The van der Waals surface area contributed by atoms with Gasteiger partial charge in [0, 0.05) is 5.56 Å². The molecule has 2 aromatic rings. The highest BCUT2D eigenvalue weighted by molar-refractivity contribution is 6.33. The van der Waals surface area contributed by atoms with Crippen LogP contribution in [0.2, 0.25) is 5.02 Å². The average Bonchev–Trinajstić information content (AvgIpc) is 2.79. The smallest absolute Gasteiger partial charge is 0.182 e. The molecular formula is C15H22ClN5. The van der Waals surface area contributed by atoms with Crippen molar-refractivity contribution < 1.29 is 0 Å². The summed E-state index contributed by atoms with van der Waals surface area (Å²) in [7, 11) is 0. The SMILES string of the molecule is CC(C)(C)CC(C)(C)n1nnnc1-c1ccc(Cl)c(N)c1. The summed E-state index contributed by atoms with van der Waals surface area (Å²) in [5.74, 6) is 0.701. The van der Waals surface area contributed by atoms with Crippen LogP contribution in [-0.2, 0) is 5.54 Å². The maximum atomic E-state index is 5.98. The van der Waals surface area contributed by atoms with E-state index in [1.807, 2.05) is 10.7 Å². The van der Waals surface area contributed by atoms with Gasteiger partial charge >= 0.3 is 0 Å². The van der Waals surface area contributed by atoms with Crippen molar-refractivity contribution in [1.82, 2.24) is 20.2 Å². The van der Waals surface area contributed by atoms with Gasteiger partial charge in [-0.2, -0.15) is 0 Å². The molecule has 0 amide bonds. The van der Waals surface area contributed by atoms with Crippen molar-refractivity contribution in [3.63, 3.8) is 0 Å². The fraction of sp³-hybridized carbons (Fsp3) is 0.533. The molecule has 0 fully saturated rings. The summed E-state index contributed by atoms with van der Waals surface area (Å²) in [5, 5.41) is 12.7. The second-order valence-electron chi connectivity index (χ2n) is 7.20. The lowest BCUT2D eigenvalue weighted by atomic mass is 9.82. The maximum Gasteiger partial charge on any atom is 0.182 e. The maximum absolute atomic E-state index is 5.98. The zero-order valence-corrected chi connectivity index (χ0v) is 13.9. The number of nitrogens with two attached hydrogens (primary N) is 1. The van der Waals surface area contributed by atoms with Crippen molar-refractivity contribution in [2.75, 3.05) is 5.73 Å². The molecule has 2 rings (SSSR count). The van der Waals surface area contributed by atoms with E-state index in [1.165, 1.54) is 0 Å². The van der Waals surface area contributed by atoms with E-state index < -0.39 is 0 Å². The Bertz CT molecular complexity index is 640. The van der Waals surface area contributed by atoms with E-state index in [4.69, 9.17) is 17.3 Å². The van der Waals surface area contributed by atoms with E-state index >= 15 is 0 Å². The van der Waals surface area contributed by atoms with Crippen molar-refractivity contribution in [3.05, 3.63) is 23.2 Å². The zero-order chi connectivity index (χ0) is 15.8. The summed E-state index contributed by atoms with van der Waals surface area (Å²) < 4.78 is 1.86. The van der Waals surface area contributed by atoms with Gasteiger partial charge in [0.25, 0.3) is 0 Å². The lowest BCUT2D eigenvalue weighted by Crippen LogP contribution is -2.33. The lowest BCUT2D eigenvalue weighted by Gasteiger charge is -2.32. The summed E-state index contributed by atoms with van der Waals surface area (Å²) in [5.41, 5.74) is 7.24. The quantitative estimate of drug-likeness (QED) is 0.877. The molecule has 1 heterocycles. The molecule has 0 aliphatic carbocycles. The number of rotatable bonds is 3. The fourth-order valence-electron chi connectivity index (χ4n) is 2.83. The molecule has 0 spiro atoms. The molecule has 1 aromatic carbocycles. The van der Waals surface area contributed by atoms with Gasteiger partial charge < -0.3 is 5.73 Å². The first-order chi connectivity index (χ1) is 9.60. The van der Waals surface area contributed by atoms with Crippen LogP contribution in [-0.4, -0.2) is 20.2 Å². The molecular weight excluding hydrogens is 286 g/mol. The van der Waals surface area contributed by atoms with Crippen LogP contribution >= 0.6 is 11.6 Å². The summed E-state index contributed by atoms with van der Waals surface area (Å²) in [4.78, 5) is 0. The molecule has 0 saturated carbocycles. The van der Waals surface area contributed by atoms with Crippen LogP contribution in [0, 0.1) is 5.41 Å². The molecule has 114 valence electrons. The molecule has 0 bridgehead atoms. The van der Waals surface area contributed by atoms with Crippen LogP contribution in [0.3, 0.4) is 0 Å².